The maximum absolute atomic E-state index is 13.2. The zero-order valence-corrected chi connectivity index (χ0v) is 20.9. The quantitative estimate of drug-likeness (QED) is 0.549. The van der Waals surface area contributed by atoms with E-state index in [1.54, 1.807) is 12.1 Å². The van der Waals surface area contributed by atoms with Crippen molar-refractivity contribution in [2.75, 3.05) is 55.7 Å². The van der Waals surface area contributed by atoms with Crippen molar-refractivity contribution >= 4 is 23.2 Å². The molecule has 2 aromatic rings. The second-order valence-electron chi connectivity index (χ2n) is 9.90. The Kier molecular flexibility index (Phi) is 7.53. The molecular formula is C28H35FN4O3. The number of imide groups is 1. The maximum atomic E-state index is 13.2. The van der Waals surface area contributed by atoms with Crippen molar-refractivity contribution in [1.82, 2.24) is 9.80 Å². The summed E-state index contributed by atoms with van der Waals surface area (Å²) in [7, 11) is 0. The standard InChI is InChI=1S/C28H35FN4O3/c1-2-19-36-25-9-7-24(8-10-25)33-27(34)20-26(28(33)35)32-13-11-23(12-14-32)31-17-15-30(16-18-31)22-5-3-21(29)4-6-22/h3-10,23,26H,2,11-20H2,1H3/t26-/m1/s1. The molecule has 1 atom stereocenters. The van der Waals surface area contributed by atoms with Crippen LogP contribution in [0.3, 0.4) is 0 Å². The van der Waals surface area contributed by atoms with Crippen LogP contribution in [0.2, 0.25) is 0 Å². The van der Waals surface area contributed by atoms with E-state index in [0.29, 0.717) is 18.3 Å². The Labute approximate surface area is 212 Å². The highest BCUT2D eigenvalue weighted by Gasteiger charge is 2.44. The van der Waals surface area contributed by atoms with Gasteiger partial charge in [-0.25, -0.2) is 9.29 Å². The molecule has 3 saturated heterocycles. The third kappa shape index (κ3) is 5.25. The smallest absolute Gasteiger partial charge is 0.251 e. The van der Waals surface area contributed by atoms with Gasteiger partial charge in [0.25, 0.3) is 5.91 Å². The summed E-state index contributed by atoms with van der Waals surface area (Å²) in [5.41, 5.74) is 1.69. The summed E-state index contributed by atoms with van der Waals surface area (Å²) in [5.74, 6) is 0.293. The molecule has 0 radical (unpaired) electrons. The van der Waals surface area contributed by atoms with Gasteiger partial charge in [-0.15, -0.1) is 0 Å². The summed E-state index contributed by atoms with van der Waals surface area (Å²) in [5, 5.41) is 0. The van der Waals surface area contributed by atoms with Crippen molar-refractivity contribution in [3.8, 4) is 5.75 Å². The second kappa shape index (κ2) is 11.0. The van der Waals surface area contributed by atoms with E-state index < -0.39 is 0 Å². The topological polar surface area (TPSA) is 56.3 Å². The number of hydrogen-bond acceptors (Lipinski definition) is 6. The fraction of sp³-hybridized carbons (Fsp3) is 0.500. The van der Waals surface area contributed by atoms with Gasteiger partial charge in [0.2, 0.25) is 5.91 Å². The Morgan fingerprint density at radius 1 is 0.833 bits per heavy atom. The molecule has 7 nitrogen and oxygen atoms in total. The molecule has 0 saturated carbocycles. The van der Waals surface area contributed by atoms with Crippen LogP contribution >= 0.6 is 0 Å². The predicted molar refractivity (Wildman–Crippen MR) is 138 cm³/mol. The van der Waals surface area contributed by atoms with Crippen molar-refractivity contribution in [2.24, 2.45) is 0 Å². The highest BCUT2D eigenvalue weighted by molar-refractivity contribution is 6.22. The summed E-state index contributed by atoms with van der Waals surface area (Å²) in [6.45, 7) is 8.16. The number of piperazine rings is 1. The monoisotopic (exact) mass is 494 g/mol. The number of amides is 2. The molecule has 3 aliphatic heterocycles. The minimum atomic E-state index is -0.371. The lowest BCUT2D eigenvalue weighted by atomic mass is 10.00. The van der Waals surface area contributed by atoms with Crippen molar-refractivity contribution < 1.29 is 18.7 Å². The molecule has 0 N–H and O–H groups in total. The molecule has 2 aromatic carbocycles. The van der Waals surface area contributed by atoms with Gasteiger partial charge < -0.3 is 9.64 Å². The number of halogens is 1. The minimum absolute atomic E-state index is 0.117. The molecule has 36 heavy (non-hydrogen) atoms. The molecular weight excluding hydrogens is 459 g/mol. The lowest BCUT2D eigenvalue weighted by Crippen LogP contribution is -2.55. The zero-order chi connectivity index (χ0) is 25.1. The van der Waals surface area contributed by atoms with Crippen LogP contribution in [0, 0.1) is 5.82 Å². The van der Waals surface area contributed by atoms with Gasteiger partial charge in [-0.05, 0) is 67.8 Å². The number of likely N-dealkylation sites (tertiary alicyclic amines) is 1. The van der Waals surface area contributed by atoms with Crippen LogP contribution < -0.4 is 14.5 Å². The Balaban J connectivity index is 1.12. The summed E-state index contributed by atoms with van der Waals surface area (Å²) >= 11 is 0. The highest BCUT2D eigenvalue weighted by Crippen LogP contribution is 2.30. The van der Waals surface area contributed by atoms with Crippen LogP contribution in [0.15, 0.2) is 48.5 Å². The highest BCUT2D eigenvalue weighted by atomic mass is 19.1. The number of anilines is 2. The molecule has 8 heteroatoms. The van der Waals surface area contributed by atoms with Gasteiger partial charge in [0.1, 0.15) is 11.6 Å². The number of nitrogens with zero attached hydrogens (tertiary/aromatic N) is 4. The van der Waals surface area contributed by atoms with Crippen LogP contribution in [0.25, 0.3) is 0 Å². The molecule has 3 heterocycles. The Bertz CT molecular complexity index is 1050. The van der Waals surface area contributed by atoms with E-state index >= 15 is 0 Å². The first-order chi connectivity index (χ1) is 17.5. The average Bonchev–Trinajstić information content (AvgIpc) is 3.22. The van der Waals surface area contributed by atoms with Gasteiger partial charge in [0.15, 0.2) is 0 Å². The SMILES string of the molecule is CCCOc1ccc(N2C(=O)C[C@@H](N3CCC(N4CCN(c5ccc(F)cc5)CC4)CC3)C2=O)cc1. The first kappa shape index (κ1) is 24.7. The van der Waals surface area contributed by atoms with Crippen LogP contribution in [0.1, 0.15) is 32.6 Å². The molecule has 192 valence electrons. The van der Waals surface area contributed by atoms with Crippen LogP contribution in [-0.4, -0.2) is 79.6 Å². The van der Waals surface area contributed by atoms with Crippen molar-refractivity contribution in [1.29, 1.82) is 0 Å². The van der Waals surface area contributed by atoms with Gasteiger partial charge in [0, 0.05) is 51.0 Å². The number of rotatable bonds is 7. The Morgan fingerprint density at radius 2 is 1.47 bits per heavy atom. The van der Waals surface area contributed by atoms with E-state index in [0.717, 1.165) is 70.0 Å². The lowest BCUT2D eigenvalue weighted by molar-refractivity contribution is -0.123. The van der Waals surface area contributed by atoms with Crippen LogP contribution in [0.4, 0.5) is 15.8 Å². The van der Waals surface area contributed by atoms with E-state index in [1.165, 1.54) is 17.0 Å². The fourth-order valence-electron chi connectivity index (χ4n) is 5.64. The molecule has 5 rings (SSSR count). The largest absolute Gasteiger partial charge is 0.494 e. The fourth-order valence-corrected chi connectivity index (χ4v) is 5.64. The molecule has 0 spiro atoms. The first-order valence-electron chi connectivity index (χ1n) is 13.1. The summed E-state index contributed by atoms with van der Waals surface area (Å²) in [4.78, 5) is 34.4. The average molecular weight is 495 g/mol. The van der Waals surface area contributed by atoms with Crippen molar-refractivity contribution in [3.05, 3.63) is 54.3 Å². The van der Waals surface area contributed by atoms with E-state index in [2.05, 4.69) is 21.6 Å². The third-order valence-electron chi connectivity index (χ3n) is 7.65. The van der Waals surface area contributed by atoms with Gasteiger partial charge in [-0.2, -0.15) is 0 Å². The van der Waals surface area contributed by atoms with Gasteiger partial charge in [-0.3, -0.25) is 19.4 Å². The van der Waals surface area contributed by atoms with Gasteiger partial charge >= 0.3 is 0 Å². The normalized spacial score (nSPS) is 22.4. The van der Waals surface area contributed by atoms with Crippen LogP contribution in [-0.2, 0) is 9.59 Å². The first-order valence-corrected chi connectivity index (χ1v) is 13.1. The van der Waals surface area contributed by atoms with Gasteiger partial charge in [-0.1, -0.05) is 6.92 Å². The van der Waals surface area contributed by atoms with Gasteiger partial charge in [0.05, 0.1) is 24.8 Å². The van der Waals surface area contributed by atoms with E-state index in [9.17, 15) is 14.0 Å². The predicted octanol–water partition coefficient (Wildman–Crippen LogP) is 3.53. The number of piperidine rings is 1. The molecule has 3 fully saturated rings. The lowest BCUT2D eigenvalue weighted by Gasteiger charge is -2.44. The Morgan fingerprint density at radius 3 is 2.11 bits per heavy atom. The summed E-state index contributed by atoms with van der Waals surface area (Å²) in [6.07, 6.45) is 3.17. The summed E-state index contributed by atoms with van der Waals surface area (Å²) < 4.78 is 18.8. The summed E-state index contributed by atoms with van der Waals surface area (Å²) in [6, 6.07) is 14.1. The molecule has 3 aliphatic rings. The van der Waals surface area contributed by atoms with E-state index in [4.69, 9.17) is 4.74 Å². The van der Waals surface area contributed by atoms with E-state index in [1.807, 2.05) is 24.3 Å². The molecule has 0 aliphatic carbocycles. The third-order valence-corrected chi connectivity index (χ3v) is 7.65. The van der Waals surface area contributed by atoms with Crippen LogP contribution in [0.5, 0.6) is 5.75 Å². The van der Waals surface area contributed by atoms with Crippen molar-refractivity contribution in [2.45, 2.75) is 44.7 Å². The number of hydrogen-bond donors (Lipinski definition) is 0. The number of carbonyl (C=O) groups excluding carboxylic acids is 2. The number of benzene rings is 2. The van der Waals surface area contributed by atoms with E-state index in [-0.39, 0.29) is 30.1 Å². The minimum Gasteiger partial charge on any atom is -0.494 e. The second-order valence-corrected chi connectivity index (χ2v) is 9.90. The molecule has 2 amide bonds. The maximum Gasteiger partial charge on any atom is 0.251 e. The number of carbonyl (C=O) groups is 2. The Hall–Kier alpha value is -2.97. The molecule has 0 aromatic heterocycles. The zero-order valence-electron chi connectivity index (χ0n) is 20.9. The molecule has 0 unspecified atom stereocenters. The number of ether oxygens (including phenoxy) is 1. The molecule has 0 bridgehead atoms. The van der Waals surface area contributed by atoms with Crippen molar-refractivity contribution in [3.63, 3.8) is 0 Å².